The van der Waals surface area contributed by atoms with E-state index in [1.54, 1.807) is 0 Å². The monoisotopic (exact) mass is 293 g/mol. The summed E-state index contributed by atoms with van der Waals surface area (Å²) in [6.45, 7) is 6.97. The van der Waals surface area contributed by atoms with Crippen molar-refractivity contribution in [1.29, 1.82) is 0 Å². The molecule has 0 radical (unpaired) electrons. The molecule has 21 heavy (non-hydrogen) atoms. The van der Waals surface area contributed by atoms with E-state index < -0.39 is 0 Å². The van der Waals surface area contributed by atoms with E-state index in [0.29, 0.717) is 11.5 Å². The summed E-state index contributed by atoms with van der Waals surface area (Å²) in [4.78, 5) is 0. The van der Waals surface area contributed by atoms with Gasteiger partial charge in [0.15, 0.2) is 0 Å². The maximum atomic E-state index is 6.28. The average Bonchev–Trinajstić information content (AvgIpc) is 2.93. The number of nitrogens with one attached hydrogen (secondary N) is 1. The van der Waals surface area contributed by atoms with Gasteiger partial charge in [-0.2, -0.15) is 0 Å². The molecule has 2 atom stereocenters. The Morgan fingerprint density at radius 2 is 1.71 bits per heavy atom. The predicted octanol–water partition coefficient (Wildman–Crippen LogP) is 4.67. The number of hydrogen-bond acceptors (Lipinski definition) is 2. The molecule has 0 aromatic rings. The lowest BCUT2D eigenvalue weighted by Crippen LogP contribution is -2.53. The fraction of sp³-hybridized carbons (Fsp3) is 1.00. The minimum absolute atomic E-state index is 0.265. The zero-order chi connectivity index (χ0) is 14.8. The Morgan fingerprint density at radius 1 is 1.05 bits per heavy atom. The molecule has 0 aromatic carbocycles. The fourth-order valence-corrected chi connectivity index (χ4v) is 5.59. The molecule has 2 heteroatoms. The zero-order valence-corrected chi connectivity index (χ0v) is 14.3. The second kappa shape index (κ2) is 6.58. The van der Waals surface area contributed by atoms with Gasteiger partial charge in [0, 0.05) is 12.6 Å². The van der Waals surface area contributed by atoms with Gasteiger partial charge in [-0.3, -0.25) is 0 Å². The molecular weight excluding hydrogens is 258 g/mol. The van der Waals surface area contributed by atoms with Crippen LogP contribution in [-0.2, 0) is 4.74 Å². The van der Waals surface area contributed by atoms with Crippen molar-refractivity contribution in [3.63, 3.8) is 0 Å². The molecule has 0 bridgehead atoms. The Hall–Kier alpha value is -0.0800. The molecule has 1 heterocycles. The van der Waals surface area contributed by atoms with Gasteiger partial charge in [-0.25, -0.2) is 0 Å². The van der Waals surface area contributed by atoms with E-state index in [2.05, 4.69) is 19.2 Å². The van der Waals surface area contributed by atoms with Gasteiger partial charge in [-0.05, 0) is 56.4 Å². The molecular formula is C19H35NO. The molecule has 3 rings (SSSR count). The van der Waals surface area contributed by atoms with Crippen molar-refractivity contribution in [2.75, 3.05) is 13.2 Å². The number of ether oxygens (including phenoxy) is 1. The van der Waals surface area contributed by atoms with Crippen molar-refractivity contribution in [2.45, 2.75) is 96.1 Å². The minimum atomic E-state index is 0.265. The number of hydrogen-bond donors (Lipinski definition) is 1. The molecule has 1 spiro atoms. The minimum Gasteiger partial charge on any atom is -0.375 e. The van der Waals surface area contributed by atoms with Crippen LogP contribution in [0.3, 0.4) is 0 Å². The molecule has 1 aliphatic heterocycles. The van der Waals surface area contributed by atoms with E-state index in [-0.39, 0.29) is 5.60 Å². The van der Waals surface area contributed by atoms with E-state index in [0.717, 1.165) is 19.1 Å². The smallest absolute Gasteiger partial charge is 0.0685 e. The Balaban J connectivity index is 1.73. The van der Waals surface area contributed by atoms with Gasteiger partial charge >= 0.3 is 0 Å². The van der Waals surface area contributed by atoms with E-state index >= 15 is 0 Å². The highest BCUT2D eigenvalue weighted by molar-refractivity contribution is 4.99. The second-order valence-corrected chi connectivity index (χ2v) is 8.24. The highest BCUT2D eigenvalue weighted by atomic mass is 16.5. The van der Waals surface area contributed by atoms with Crippen LogP contribution in [0.1, 0.15) is 84.5 Å². The topological polar surface area (TPSA) is 21.3 Å². The van der Waals surface area contributed by atoms with Gasteiger partial charge in [-0.1, -0.05) is 46.0 Å². The van der Waals surface area contributed by atoms with Crippen LogP contribution in [0.4, 0.5) is 0 Å². The van der Waals surface area contributed by atoms with Crippen LogP contribution in [0, 0.1) is 11.3 Å². The van der Waals surface area contributed by atoms with Gasteiger partial charge in [0.25, 0.3) is 0 Å². The highest BCUT2D eigenvalue weighted by Gasteiger charge is 2.46. The zero-order valence-electron chi connectivity index (χ0n) is 14.3. The van der Waals surface area contributed by atoms with Gasteiger partial charge < -0.3 is 10.1 Å². The van der Waals surface area contributed by atoms with Gasteiger partial charge in [-0.15, -0.1) is 0 Å². The van der Waals surface area contributed by atoms with Crippen molar-refractivity contribution in [2.24, 2.45) is 11.3 Å². The summed E-state index contributed by atoms with van der Waals surface area (Å²) in [6.07, 6.45) is 15.2. The van der Waals surface area contributed by atoms with E-state index in [1.807, 2.05) is 0 Å². The van der Waals surface area contributed by atoms with E-state index in [1.165, 1.54) is 70.6 Å². The summed E-state index contributed by atoms with van der Waals surface area (Å²) >= 11 is 0. The van der Waals surface area contributed by atoms with Crippen LogP contribution >= 0.6 is 0 Å². The maximum absolute atomic E-state index is 6.28. The lowest BCUT2D eigenvalue weighted by Gasteiger charge is -2.49. The fourth-order valence-electron chi connectivity index (χ4n) is 5.59. The lowest BCUT2D eigenvalue weighted by molar-refractivity contribution is -0.107. The van der Waals surface area contributed by atoms with Crippen molar-refractivity contribution in [1.82, 2.24) is 5.32 Å². The first kappa shape index (κ1) is 15.8. The van der Waals surface area contributed by atoms with Crippen LogP contribution in [0.25, 0.3) is 0 Å². The highest BCUT2D eigenvalue weighted by Crippen LogP contribution is 2.48. The largest absolute Gasteiger partial charge is 0.375 e. The van der Waals surface area contributed by atoms with Crippen LogP contribution in [0.5, 0.6) is 0 Å². The van der Waals surface area contributed by atoms with Gasteiger partial charge in [0.05, 0.1) is 5.60 Å². The maximum Gasteiger partial charge on any atom is 0.0685 e. The first-order chi connectivity index (χ1) is 10.2. The lowest BCUT2D eigenvalue weighted by atomic mass is 9.64. The summed E-state index contributed by atoms with van der Waals surface area (Å²) in [6, 6.07) is 0.712. The number of rotatable bonds is 4. The summed E-state index contributed by atoms with van der Waals surface area (Å²) in [5.74, 6) is 0.833. The van der Waals surface area contributed by atoms with Crippen molar-refractivity contribution in [3.8, 4) is 0 Å². The predicted molar refractivity (Wildman–Crippen MR) is 88.5 cm³/mol. The van der Waals surface area contributed by atoms with Crippen molar-refractivity contribution in [3.05, 3.63) is 0 Å². The van der Waals surface area contributed by atoms with E-state index in [4.69, 9.17) is 4.74 Å². The van der Waals surface area contributed by atoms with Crippen molar-refractivity contribution >= 4 is 0 Å². The third-order valence-corrected chi connectivity index (χ3v) is 6.69. The second-order valence-electron chi connectivity index (χ2n) is 8.24. The third kappa shape index (κ3) is 3.32. The molecule has 2 nitrogen and oxygen atoms in total. The summed E-state index contributed by atoms with van der Waals surface area (Å²) < 4.78 is 6.28. The first-order valence-corrected chi connectivity index (χ1v) is 9.55. The Kier molecular flexibility index (Phi) is 4.95. The van der Waals surface area contributed by atoms with Crippen LogP contribution in [0.15, 0.2) is 0 Å². The quantitative estimate of drug-likeness (QED) is 0.813. The molecule has 122 valence electrons. The van der Waals surface area contributed by atoms with Crippen molar-refractivity contribution < 1.29 is 4.74 Å². The molecule has 0 aromatic heterocycles. The molecule has 1 saturated heterocycles. The summed E-state index contributed by atoms with van der Waals surface area (Å²) in [7, 11) is 0. The van der Waals surface area contributed by atoms with Gasteiger partial charge in [0.2, 0.25) is 0 Å². The Morgan fingerprint density at radius 3 is 2.38 bits per heavy atom. The molecule has 3 aliphatic rings. The Bertz CT molecular complexity index is 328. The summed E-state index contributed by atoms with van der Waals surface area (Å²) in [5, 5.41) is 3.91. The van der Waals surface area contributed by atoms with Gasteiger partial charge in [0.1, 0.15) is 0 Å². The first-order valence-electron chi connectivity index (χ1n) is 9.55. The standard InChI is InChI=1S/C19H35NO/c1-3-20-17(18(2)10-5-4-6-11-18)16-9-14-21-19(15-16)12-7-8-13-19/h16-17,20H,3-15H2,1-2H3. The Labute approximate surface area is 131 Å². The molecule has 0 amide bonds. The molecule has 3 fully saturated rings. The van der Waals surface area contributed by atoms with Crippen LogP contribution in [-0.4, -0.2) is 24.8 Å². The molecule has 2 saturated carbocycles. The summed E-state index contributed by atoms with van der Waals surface area (Å²) in [5.41, 5.74) is 0.789. The van der Waals surface area contributed by atoms with Crippen LogP contribution in [0.2, 0.25) is 0 Å². The SMILES string of the molecule is CCNC(C1CCOC2(CCCC2)C1)C1(C)CCCCC1. The molecule has 1 N–H and O–H groups in total. The van der Waals surface area contributed by atoms with Crippen LogP contribution < -0.4 is 5.32 Å². The normalized spacial score (nSPS) is 33.1. The molecule has 2 unspecified atom stereocenters. The molecule has 2 aliphatic carbocycles. The average molecular weight is 293 g/mol. The van der Waals surface area contributed by atoms with E-state index in [9.17, 15) is 0 Å². The third-order valence-electron chi connectivity index (χ3n) is 6.69.